The molecule has 1 aromatic heterocycles. The number of carbonyl (C=O) groups excluding carboxylic acids is 1. The predicted octanol–water partition coefficient (Wildman–Crippen LogP) is 7.79. The molecule has 0 saturated heterocycles. The van der Waals surface area contributed by atoms with Crippen LogP contribution >= 0.6 is 11.6 Å². The standard InChI is InChI=1S/C34H29ClN2O3/c1-23-30(34(38)36-19-18-29(24-8-4-2-5-9-24)25-10-6-3-7-11-25)21-31(26-12-14-27(35)15-13-26)37(23)28-16-17-32-33(20-28)40-22-39-32/h2-17,20-21,29H,18-19,22H2,1H3,(H,36,38). The lowest BCUT2D eigenvalue weighted by Gasteiger charge is -2.18. The van der Waals surface area contributed by atoms with Gasteiger partial charge in [0.1, 0.15) is 0 Å². The summed E-state index contributed by atoms with van der Waals surface area (Å²) < 4.78 is 13.2. The SMILES string of the molecule is Cc1c(C(=O)NCCC(c2ccccc2)c2ccccc2)cc(-c2ccc(Cl)cc2)n1-c1ccc2c(c1)OCO2. The monoisotopic (exact) mass is 548 g/mol. The molecule has 40 heavy (non-hydrogen) atoms. The first-order valence-corrected chi connectivity index (χ1v) is 13.7. The molecule has 5 aromatic rings. The van der Waals surface area contributed by atoms with E-state index < -0.39 is 0 Å². The van der Waals surface area contributed by atoms with Crippen molar-refractivity contribution in [2.75, 3.05) is 13.3 Å². The van der Waals surface area contributed by atoms with Crippen molar-refractivity contribution in [3.63, 3.8) is 0 Å². The fourth-order valence-corrected chi connectivity index (χ4v) is 5.47. The number of benzene rings is 4. The van der Waals surface area contributed by atoms with Crippen LogP contribution in [0.1, 0.15) is 39.5 Å². The van der Waals surface area contributed by atoms with Crippen LogP contribution in [0.2, 0.25) is 5.02 Å². The van der Waals surface area contributed by atoms with Gasteiger partial charge in [0.15, 0.2) is 11.5 Å². The molecule has 1 amide bonds. The zero-order valence-corrected chi connectivity index (χ0v) is 22.9. The summed E-state index contributed by atoms with van der Waals surface area (Å²) in [5.74, 6) is 1.48. The van der Waals surface area contributed by atoms with E-state index in [1.54, 1.807) is 0 Å². The Kier molecular flexibility index (Phi) is 7.30. The number of ether oxygens (including phenoxy) is 2. The van der Waals surface area contributed by atoms with Gasteiger partial charge in [0.25, 0.3) is 5.91 Å². The fraction of sp³-hybridized carbons (Fsp3) is 0.147. The average molecular weight is 549 g/mol. The highest BCUT2D eigenvalue weighted by atomic mass is 35.5. The summed E-state index contributed by atoms with van der Waals surface area (Å²) in [4.78, 5) is 13.6. The van der Waals surface area contributed by atoms with Gasteiger partial charge in [-0.25, -0.2) is 0 Å². The van der Waals surface area contributed by atoms with E-state index in [9.17, 15) is 4.79 Å². The second-order valence-corrected chi connectivity index (χ2v) is 10.3. The summed E-state index contributed by atoms with van der Waals surface area (Å²) in [5.41, 5.74) is 6.67. The summed E-state index contributed by atoms with van der Waals surface area (Å²) >= 11 is 6.18. The third kappa shape index (κ3) is 5.21. The number of amides is 1. The van der Waals surface area contributed by atoms with E-state index in [4.69, 9.17) is 21.1 Å². The third-order valence-electron chi connectivity index (χ3n) is 7.37. The molecule has 1 N–H and O–H groups in total. The fourth-order valence-electron chi connectivity index (χ4n) is 5.35. The number of carbonyl (C=O) groups is 1. The smallest absolute Gasteiger partial charge is 0.253 e. The van der Waals surface area contributed by atoms with Crippen LogP contribution in [0.3, 0.4) is 0 Å². The quantitative estimate of drug-likeness (QED) is 0.215. The van der Waals surface area contributed by atoms with Crippen LogP contribution in [0.15, 0.2) is 109 Å². The van der Waals surface area contributed by atoms with Gasteiger partial charge in [-0.15, -0.1) is 0 Å². The number of halogens is 1. The molecular weight excluding hydrogens is 520 g/mol. The number of fused-ring (bicyclic) bond motifs is 1. The topological polar surface area (TPSA) is 52.5 Å². The van der Waals surface area contributed by atoms with Crippen molar-refractivity contribution in [1.29, 1.82) is 0 Å². The van der Waals surface area contributed by atoms with Crippen molar-refractivity contribution in [3.8, 4) is 28.4 Å². The molecule has 6 heteroatoms. The molecule has 0 bridgehead atoms. The third-order valence-corrected chi connectivity index (χ3v) is 7.62. The van der Waals surface area contributed by atoms with E-state index in [0.29, 0.717) is 28.6 Å². The number of nitrogens with one attached hydrogen (secondary N) is 1. The van der Waals surface area contributed by atoms with Gasteiger partial charge in [-0.1, -0.05) is 84.4 Å². The summed E-state index contributed by atoms with van der Waals surface area (Å²) in [6.45, 7) is 2.71. The van der Waals surface area contributed by atoms with E-state index in [2.05, 4.69) is 58.4 Å². The molecule has 0 unspecified atom stereocenters. The molecule has 4 aromatic carbocycles. The highest BCUT2D eigenvalue weighted by Crippen LogP contribution is 2.37. The highest BCUT2D eigenvalue weighted by Gasteiger charge is 2.22. The molecule has 1 aliphatic heterocycles. The van der Waals surface area contributed by atoms with E-state index in [1.807, 2.05) is 67.6 Å². The zero-order valence-electron chi connectivity index (χ0n) is 22.1. The number of hydrogen-bond acceptors (Lipinski definition) is 3. The molecule has 0 aliphatic carbocycles. The van der Waals surface area contributed by atoms with Crippen LogP contribution in [0.5, 0.6) is 11.5 Å². The molecule has 2 heterocycles. The maximum absolute atomic E-state index is 13.6. The largest absolute Gasteiger partial charge is 0.454 e. The van der Waals surface area contributed by atoms with E-state index in [1.165, 1.54) is 11.1 Å². The van der Waals surface area contributed by atoms with Crippen LogP contribution in [0.4, 0.5) is 0 Å². The maximum Gasteiger partial charge on any atom is 0.253 e. The molecule has 0 atom stereocenters. The van der Waals surface area contributed by atoms with Gasteiger partial charge >= 0.3 is 0 Å². The van der Waals surface area contributed by atoms with Crippen LogP contribution in [-0.4, -0.2) is 23.8 Å². The Labute approximate surface area is 239 Å². The minimum Gasteiger partial charge on any atom is -0.454 e. The first-order valence-electron chi connectivity index (χ1n) is 13.3. The van der Waals surface area contributed by atoms with Crippen LogP contribution < -0.4 is 14.8 Å². The summed E-state index contributed by atoms with van der Waals surface area (Å²) in [6.07, 6.45) is 0.783. The van der Waals surface area contributed by atoms with Gasteiger partial charge in [0.05, 0.1) is 11.3 Å². The first kappa shape index (κ1) is 25.8. The molecule has 200 valence electrons. The number of aromatic nitrogens is 1. The lowest BCUT2D eigenvalue weighted by atomic mass is 9.88. The molecule has 5 nitrogen and oxygen atoms in total. The van der Waals surface area contributed by atoms with E-state index in [-0.39, 0.29) is 18.6 Å². The molecule has 1 aliphatic rings. The minimum atomic E-state index is -0.105. The Morgan fingerprint density at radius 1 is 0.850 bits per heavy atom. The second kappa shape index (κ2) is 11.3. The van der Waals surface area contributed by atoms with E-state index >= 15 is 0 Å². The summed E-state index contributed by atoms with van der Waals surface area (Å²) in [5, 5.41) is 3.84. The molecule has 0 spiro atoms. The van der Waals surface area contributed by atoms with Gasteiger partial charge in [-0.05, 0) is 60.4 Å². The molecule has 0 saturated carbocycles. The van der Waals surface area contributed by atoms with Gasteiger partial charge in [-0.2, -0.15) is 0 Å². The van der Waals surface area contributed by atoms with Crippen molar-refractivity contribution in [2.24, 2.45) is 0 Å². The Hall–Kier alpha value is -4.48. The molecule has 0 radical (unpaired) electrons. The lowest BCUT2D eigenvalue weighted by molar-refractivity contribution is 0.0952. The van der Waals surface area contributed by atoms with Crippen molar-refractivity contribution in [1.82, 2.24) is 9.88 Å². The second-order valence-electron chi connectivity index (χ2n) is 9.83. The number of nitrogens with zero attached hydrogens (tertiary/aromatic N) is 1. The Bertz CT molecular complexity index is 1590. The van der Waals surface area contributed by atoms with Crippen LogP contribution in [0.25, 0.3) is 16.9 Å². The number of hydrogen-bond donors (Lipinski definition) is 1. The Morgan fingerprint density at radius 3 is 2.17 bits per heavy atom. The average Bonchev–Trinajstić information content (AvgIpc) is 3.60. The van der Waals surface area contributed by atoms with Crippen molar-refractivity contribution < 1.29 is 14.3 Å². The lowest BCUT2D eigenvalue weighted by Crippen LogP contribution is -2.26. The first-order chi connectivity index (χ1) is 19.6. The molecule has 0 fully saturated rings. The summed E-state index contributed by atoms with van der Waals surface area (Å²) in [7, 11) is 0. The predicted molar refractivity (Wildman–Crippen MR) is 159 cm³/mol. The highest BCUT2D eigenvalue weighted by molar-refractivity contribution is 6.30. The molecular formula is C34H29ClN2O3. The maximum atomic E-state index is 13.6. The van der Waals surface area contributed by atoms with Crippen molar-refractivity contribution in [3.05, 3.63) is 137 Å². The van der Waals surface area contributed by atoms with Crippen LogP contribution in [0, 0.1) is 6.92 Å². The van der Waals surface area contributed by atoms with Crippen molar-refractivity contribution >= 4 is 17.5 Å². The minimum absolute atomic E-state index is 0.105. The molecule has 6 rings (SSSR count). The van der Waals surface area contributed by atoms with Crippen LogP contribution in [-0.2, 0) is 0 Å². The van der Waals surface area contributed by atoms with E-state index in [0.717, 1.165) is 29.1 Å². The Balaban J connectivity index is 1.29. The number of rotatable bonds is 8. The van der Waals surface area contributed by atoms with Gasteiger partial charge < -0.3 is 19.4 Å². The summed E-state index contributed by atoms with van der Waals surface area (Å²) in [6, 6.07) is 36.3. The Morgan fingerprint density at radius 2 is 1.50 bits per heavy atom. The van der Waals surface area contributed by atoms with Gasteiger partial charge in [-0.3, -0.25) is 4.79 Å². The zero-order chi connectivity index (χ0) is 27.5. The normalized spacial score (nSPS) is 12.1. The van der Waals surface area contributed by atoms with Gasteiger partial charge in [0.2, 0.25) is 6.79 Å². The van der Waals surface area contributed by atoms with Crippen molar-refractivity contribution in [2.45, 2.75) is 19.3 Å². The van der Waals surface area contributed by atoms with Gasteiger partial charge in [0, 0.05) is 34.9 Å².